The van der Waals surface area contributed by atoms with Gasteiger partial charge in [0.2, 0.25) is 0 Å². The lowest BCUT2D eigenvalue weighted by Crippen LogP contribution is -2.34. The van der Waals surface area contributed by atoms with E-state index in [1.165, 1.54) is 13.2 Å². The lowest BCUT2D eigenvalue weighted by molar-refractivity contribution is 0.0369. The third-order valence-corrected chi connectivity index (χ3v) is 3.31. The minimum Gasteiger partial charge on any atom is -0.494 e. The van der Waals surface area contributed by atoms with E-state index < -0.39 is 11.2 Å². The molecule has 0 unspecified atom stereocenters. The van der Waals surface area contributed by atoms with Crippen molar-refractivity contribution in [1.29, 1.82) is 0 Å². The maximum absolute atomic E-state index is 13.6. The molecule has 0 fully saturated rings. The van der Waals surface area contributed by atoms with E-state index in [1.54, 1.807) is 12.1 Å². The second-order valence-electron chi connectivity index (χ2n) is 5.56. The van der Waals surface area contributed by atoms with Crippen LogP contribution in [-0.2, 0) is 6.42 Å². The van der Waals surface area contributed by atoms with Crippen LogP contribution in [0.5, 0.6) is 5.75 Å². The summed E-state index contributed by atoms with van der Waals surface area (Å²) in [5.74, 6) is 0.128. The molecule has 0 aliphatic carbocycles. The lowest BCUT2D eigenvalue weighted by atomic mass is 9.76. The fourth-order valence-electron chi connectivity index (χ4n) is 2.48. The zero-order chi connectivity index (χ0) is 14.5. The van der Waals surface area contributed by atoms with E-state index in [1.807, 2.05) is 13.8 Å². The van der Waals surface area contributed by atoms with E-state index in [9.17, 15) is 14.6 Å². The maximum Gasteiger partial charge on any atom is 0.165 e. The minimum atomic E-state index is -0.602. The van der Waals surface area contributed by atoms with Crippen molar-refractivity contribution in [2.24, 2.45) is 11.3 Å². The van der Waals surface area contributed by atoms with Gasteiger partial charge in [0, 0.05) is 5.41 Å². The summed E-state index contributed by atoms with van der Waals surface area (Å²) in [6.45, 7) is 3.84. The van der Waals surface area contributed by atoms with Gasteiger partial charge in [0.1, 0.15) is 0 Å². The van der Waals surface area contributed by atoms with Crippen molar-refractivity contribution in [3.05, 3.63) is 29.6 Å². The van der Waals surface area contributed by atoms with Crippen LogP contribution < -0.4 is 4.74 Å². The molecule has 1 aromatic rings. The second kappa shape index (κ2) is 6.87. The van der Waals surface area contributed by atoms with Gasteiger partial charge in [-0.2, -0.15) is 0 Å². The van der Waals surface area contributed by atoms with E-state index in [-0.39, 0.29) is 19.0 Å². The Bertz CT molecular complexity index is 400. The molecule has 0 bridgehead atoms. The normalized spacial score (nSPS) is 11.9. The van der Waals surface area contributed by atoms with Crippen molar-refractivity contribution < 1.29 is 19.3 Å². The Balaban J connectivity index is 2.93. The van der Waals surface area contributed by atoms with Crippen LogP contribution in [0.3, 0.4) is 0 Å². The van der Waals surface area contributed by atoms with E-state index in [0.717, 1.165) is 5.56 Å². The van der Waals surface area contributed by atoms with E-state index in [4.69, 9.17) is 4.74 Å². The number of halogens is 1. The molecule has 3 nitrogen and oxygen atoms in total. The molecule has 0 radical (unpaired) electrons. The molecule has 108 valence electrons. The SMILES string of the molecule is COc1ccc(CC(CO)(CO)CC(C)C)cc1F. The molecule has 0 spiro atoms. The number of hydrogen-bond acceptors (Lipinski definition) is 3. The fraction of sp³-hybridized carbons (Fsp3) is 0.600. The average Bonchev–Trinajstić information content (AvgIpc) is 2.37. The molecular weight excluding hydrogens is 247 g/mol. The highest BCUT2D eigenvalue weighted by Crippen LogP contribution is 2.31. The number of ether oxygens (including phenoxy) is 1. The fourth-order valence-corrected chi connectivity index (χ4v) is 2.48. The second-order valence-corrected chi connectivity index (χ2v) is 5.56. The summed E-state index contributed by atoms with van der Waals surface area (Å²) in [4.78, 5) is 0. The van der Waals surface area contributed by atoms with Gasteiger partial charge >= 0.3 is 0 Å². The first-order chi connectivity index (χ1) is 8.96. The summed E-state index contributed by atoms with van der Waals surface area (Å²) >= 11 is 0. The molecule has 1 aromatic carbocycles. The van der Waals surface area contributed by atoms with E-state index in [2.05, 4.69) is 0 Å². The molecule has 0 aliphatic rings. The van der Waals surface area contributed by atoms with Gasteiger partial charge in [-0.15, -0.1) is 0 Å². The number of aliphatic hydroxyl groups is 2. The Morgan fingerprint density at radius 1 is 1.26 bits per heavy atom. The number of hydrogen-bond donors (Lipinski definition) is 2. The maximum atomic E-state index is 13.6. The molecule has 0 saturated heterocycles. The Kier molecular flexibility index (Phi) is 5.76. The largest absolute Gasteiger partial charge is 0.494 e. The first-order valence-corrected chi connectivity index (χ1v) is 6.50. The minimum absolute atomic E-state index is 0.116. The van der Waals surface area contributed by atoms with Crippen LogP contribution in [0.4, 0.5) is 4.39 Å². The summed E-state index contributed by atoms with van der Waals surface area (Å²) in [6.07, 6.45) is 1.13. The van der Waals surface area contributed by atoms with Crippen molar-refractivity contribution in [1.82, 2.24) is 0 Å². The monoisotopic (exact) mass is 270 g/mol. The predicted molar refractivity (Wildman–Crippen MR) is 72.7 cm³/mol. The van der Waals surface area contributed by atoms with Crippen LogP contribution in [-0.4, -0.2) is 30.5 Å². The van der Waals surface area contributed by atoms with E-state index >= 15 is 0 Å². The first-order valence-electron chi connectivity index (χ1n) is 6.50. The summed E-state index contributed by atoms with van der Waals surface area (Å²) < 4.78 is 18.5. The van der Waals surface area contributed by atoms with Crippen LogP contribution in [0, 0.1) is 17.2 Å². The molecule has 2 N–H and O–H groups in total. The number of benzene rings is 1. The Labute approximate surface area is 114 Å². The standard InChI is InChI=1S/C15H23FO3/c1-11(2)7-15(9-17,10-18)8-12-4-5-14(19-3)13(16)6-12/h4-6,11,17-18H,7-10H2,1-3H3. The Morgan fingerprint density at radius 2 is 1.89 bits per heavy atom. The smallest absolute Gasteiger partial charge is 0.165 e. The molecule has 0 aliphatic heterocycles. The van der Waals surface area contributed by atoms with Crippen LogP contribution >= 0.6 is 0 Å². The zero-order valence-electron chi connectivity index (χ0n) is 11.8. The predicted octanol–water partition coefficient (Wildman–Crippen LogP) is 2.39. The number of rotatable bonds is 7. The van der Waals surface area contributed by atoms with Gasteiger partial charge in [0.15, 0.2) is 11.6 Å². The molecule has 1 rings (SSSR count). The van der Waals surface area contributed by atoms with Crippen molar-refractivity contribution in [3.8, 4) is 5.75 Å². The third-order valence-electron chi connectivity index (χ3n) is 3.31. The summed E-state index contributed by atoms with van der Waals surface area (Å²) in [6, 6.07) is 4.74. The van der Waals surface area contributed by atoms with Crippen LogP contribution in [0.1, 0.15) is 25.8 Å². The van der Waals surface area contributed by atoms with Gasteiger partial charge in [-0.25, -0.2) is 4.39 Å². The summed E-state index contributed by atoms with van der Waals surface area (Å²) in [5, 5.41) is 19.2. The summed E-state index contributed by atoms with van der Waals surface area (Å²) in [7, 11) is 1.42. The quantitative estimate of drug-likeness (QED) is 0.800. The lowest BCUT2D eigenvalue weighted by Gasteiger charge is -2.31. The topological polar surface area (TPSA) is 49.7 Å². The van der Waals surface area contributed by atoms with Gasteiger partial charge < -0.3 is 14.9 Å². The average molecular weight is 270 g/mol. The summed E-state index contributed by atoms with van der Waals surface area (Å²) in [5.41, 5.74) is 0.150. The van der Waals surface area contributed by atoms with Crippen molar-refractivity contribution >= 4 is 0 Å². The van der Waals surface area contributed by atoms with Crippen molar-refractivity contribution in [2.45, 2.75) is 26.7 Å². The highest BCUT2D eigenvalue weighted by molar-refractivity contribution is 5.30. The first kappa shape index (κ1) is 15.9. The molecular formula is C15H23FO3. The molecule has 19 heavy (non-hydrogen) atoms. The molecule has 0 saturated carbocycles. The molecule has 4 heteroatoms. The molecule has 0 atom stereocenters. The highest BCUT2D eigenvalue weighted by Gasteiger charge is 2.30. The van der Waals surface area contributed by atoms with Gasteiger partial charge in [-0.1, -0.05) is 19.9 Å². The number of methoxy groups -OCH3 is 1. The van der Waals surface area contributed by atoms with Gasteiger partial charge in [-0.3, -0.25) is 0 Å². The van der Waals surface area contributed by atoms with Gasteiger partial charge in [0.25, 0.3) is 0 Å². The Morgan fingerprint density at radius 3 is 2.32 bits per heavy atom. The van der Waals surface area contributed by atoms with Crippen LogP contribution in [0.15, 0.2) is 18.2 Å². The van der Waals surface area contributed by atoms with Gasteiger partial charge in [0.05, 0.1) is 20.3 Å². The van der Waals surface area contributed by atoms with Crippen LogP contribution in [0.25, 0.3) is 0 Å². The van der Waals surface area contributed by atoms with Crippen molar-refractivity contribution in [3.63, 3.8) is 0 Å². The number of aliphatic hydroxyl groups excluding tert-OH is 2. The molecule has 0 heterocycles. The Hall–Kier alpha value is -1.13. The highest BCUT2D eigenvalue weighted by atomic mass is 19.1. The van der Waals surface area contributed by atoms with Gasteiger partial charge in [-0.05, 0) is 36.5 Å². The van der Waals surface area contributed by atoms with Crippen molar-refractivity contribution in [2.75, 3.05) is 20.3 Å². The molecule has 0 aromatic heterocycles. The third kappa shape index (κ3) is 4.18. The molecule has 0 amide bonds. The zero-order valence-corrected chi connectivity index (χ0v) is 11.8. The van der Waals surface area contributed by atoms with Crippen LogP contribution in [0.2, 0.25) is 0 Å². The van der Waals surface area contributed by atoms with E-state index in [0.29, 0.717) is 18.8 Å².